The highest BCUT2D eigenvalue weighted by Gasteiger charge is 2.62. The van der Waals surface area contributed by atoms with Gasteiger partial charge in [-0.3, -0.25) is 0 Å². The first-order chi connectivity index (χ1) is 18.5. The first-order valence-electron chi connectivity index (χ1n) is 17.7. The minimum atomic E-state index is 0.180. The largest absolute Gasteiger partial charge is 0.316 e. The molecule has 0 saturated heterocycles. The van der Waals surface area contributed by atoms with Crippen LogP contribution in [-0.4, -0.2) is 47.5 Å². The lowest BCUT2D eigenvalue weighted by Gasteiger charge is -2.67. The maximum atomic E-state index is 4.18. The first-order valence-corrected chi connectivity index (χ1v) is 21.2. The highest BCUT2D eigenvalue weighted by Crippen LogP contribution is 2.78. The van der Waals surface area contributed by atoms with Gasteiger partial charge in [-0.25, -0.2) is 0 Å². The van der Waals surface area contributed by atoms with Crippen molar-refractivity contribution in [3.63, 3.8) is 0 Å². The molecule has 12 aliphatic carbocycles. The summed E-state index contributed by atoms with van der Waals surface area (Å²) in [7, 11) is 0.391. The quantitative estimate of drug-likeness (QED) is 0.222. The molecule has 212 valence electrons. The molecule has 0 aliphatic heterocycles. The molecule has 12 rings (SSSR count). The van der Waals surface area contributed by atoms with Crippen LogP contribution in [0.2, 0.25) is 0 Å². The van der Waals surface area contributed by atoms with Gasteiger partial charge in [0.15, 0.2) is 0 Å². The predicted molar refractivity (Wildman–Crippen MR) is 165 cm³/mol. The van der Waals surface area contributed by atoms with Gasteiger partial charge in [0, 0.05) is 0 Å². The number of nitrogens with one attached hydrogen (secondary N) is 1. The molecule has 12 fully saturated rings. The minimum Gasteiger partial charge on any atom is -0.316 e. The lowest BCUT2D eigenvalue weighted by molar-refractivity contribution is 0.0185. The molecular weight excluding hydrogens is 496 g/mol. The molecule has 3 heteroatoms. The summed E-state index contributed by atoms with van der Waals surface area (Å²) in [6.45, 7) is 5.45. The van der Waals surface area contributed by atoms with E-state index in [1.165, 1.54) is 19.3 Å². The van der Waals surface area contributed by atoms with Crippen LogP contribution < -0.4 is 5.32 Å². The van der Waals surface area contributed by atoms with Gasteiger partial charge in [0.25, 0.3) is 0 Å². The summed E-state index contributed by atoms with van der Waals surface area (Å²) in [5.74, 6) is 10.2. The van der Waals surface area contributed by atoms with E-state index in [2.05, 4.69) is 12.0 Å². The Morgan fingerprint density at radius 2 is 0.737 bits per heavy atom. The molecule has 0 amide bonds. The number of hydrogen-bond donors (Lipinski definition) is 1. The van der Waals surface area contributed by atoms with Gasteiger partial charge in [0.1, 0.15) is 0 Å². The zero-order chi connectivity index (χ0) is 25.1. The Morgan fingerprint density at radius 1 is 0.447 bits per heavy atom. The fourth-order valence-electron chi connectivity index (χ4n) is 15.1. The van der Waals surface area contributed by atoms with Crippen molar-refractivity contribution < 1.29 is 0 Å². The first kappa shape index (κ1) is 25.3. The molecule has 12 aliphatic rings. The monoisotopic (exact) mass is 553 g/mol. The van der Waals surface area contributed by atoms with Gasteiger partial charge >= 0.3 is 0 Å². The van der Waals surface area contributed by atoms with Crippen molar-refractivity contribution in [3.8, 4) is 0 Å². The molecule has 0 aromatic carbocycles. The lowest BCUT2D eigenvalue weighted by atomic mass is 9.55. The predicted octanol–water partition coefficient (Wildman–Crippen LogP) is 9.08. The third-order valence-electron chi connectivity index (χ3n) is 15.1. The zero-order valence-corrected chi connectivity index (χ0v) is 26.4. The molecule has 38 heavy (non-hydrogen) atoms. The van der Waals surface area contributed by atoms with Crippen LogP contribution in [0.25, 0.3) is 0 Å². The van der Waals surface area contributed by atoms with Crippen LogP contribution in [-0.2, 0) is 0 Å². The Labute approximate surface area is 237 Å². The summed E-state index contributed by atoms with van der Waals surface area (Å²) in [5, 5.41) is 6.65. The van der Waals surface area contributed by atoms with E-state index in [9.17, 15) is 0 Å². The fourth-order valence-corrected chi connectivity index (χ4v) is 23.0. The van der Waals surface area contributed by atoms with E-state index in [-0.39, 0.29) is 15.8 Å². The van der Waals surface area contributed by atoms with Crippen LogP contribution in [0.3, 0.4) is 0 Å². The van der Waals surface area contributed by atoms with Gasteiger partial charge in [0.05, 0.1) is 0 Å². The van der Waals surface area contributed by atoms with Crippen LogP contribution in [0, 0.1) is 53.3 Å². The van der Waals surface area contributed by atoms with Crippen molar-refractivity contribution in [2.75, 3.05) is 32.1 Å². The Bertz CT molecular complexity index is 775. The summed E-state index contributed by atoms with van der Waals surface area (Å²) in [6.07, 6.45) is 32.7. The topological polar surface area (TPSA) is 12.0 Å². The van der Waals surface area contributed by atoms with Gasteiger partial charge < -0.3 is 5.32 Å². The Hall–Kier alpha value is 0.820. The molecule has 1 N–H and O–H groups in total. The van der Waals surface area contributed by atoms with E-state index < -0.39 is 0 Å². The molecule has 0 aromatic heterocycles. The van der Waals surface area contributed by atoms with E-state index in [1.54, 1.807) is 122 Å². The Morgan fingerprint density at radius 3 is 1.08 bits per heavy atom. The molecule has 0 radical (unpaired) electrons. The van der Waals surface area contributed by atoms with Crippen molar-refractivity contribution in [2.45, 2.75) is 131 Å². The van der Waals surface area contributed by atoms with Crippen LogP contribution >= 0.6 is 15.8 Å². The van der Waals surface area contributed by atoms with Crippen LogP contribution in [0.15, 0.2) is 0 Å². The number of rotatable bonds is 9. The summed E-state index contributed by atoms with van der Waals surface area (Å²) in [6, 6.07) is 0. The van der Waals surface area contributed by atoms with Gasteiger partial charge in [-0.05, 0) is 216 Å². The average Bonchev–Trinajstić information content (AvgIpc) is 2.83. The van der Waals surface area contributed by atoms with Crippen molar-refractivity contribution in [3.05, 3.63) is 0 Å². The summed E-state index contributed by atoms with van der Waals surface area (Å²) < 4.78 is 0. The maximum absolute atomic E-state index is 4.18. The van der Waals surface area contributed by atoms with Gasteiger partial charge in [0.2, 0.25) is 0 Å². The van der Waals surface area contributed by atoms with Crippen molar-refractivity contribution in [1.29, 1.82) is 0 Å². The molecular formula is C35H57NP2. The van der Waals surface area contributed by atoms with Gasteiger partial charge in [-0.2, -0.15) is 0 Å². The highest BCUT2D eigenvalue weighted by molar-refractivity contribution is 7.61. The Kier molecular flexibility index (Phi) is 6.11. The lowest BCUT2D eigenvalue weighted by Crippen LogP contribution is -2.57. The summed E-state index contributed by atoms with van der Waals surface area (Å²) in [4.78, 5) is 0. The molecule has 12 bridgehead atoms. The third kappa shape index (κ3) is 4.06. The normalized spacial score (nSPS) is 56.6. The SMILES string of the molecule is CP(CCNCCP(C12CC3CC(CC(C3)C1)C2)C12CC3CC(CC(C3)C1)C2)C12CC3CC(CC(C3)C1)C2. The number of hydrogen-bond acceptors (Lipinski definition) is 1. The zero-order valence-electron chi connectivity index (χ0n) is 24.6. The minimum absolute atomic E-state index is 0.180. The second-order valence-corrected chi connectivity index (χ2v) is 23.7. The fraction of sp³-hybridized carbons (Fsp3) is 1.00. The van der Waals surface area contributed by atoms with E-state index in [1.807, 2.05) is 0 Å². The van der Waals surface area contributed by atoms with Gasteiger partial charge in [-0.15, -0.1) is 7.92 Å². The molecule has 12 saturated carbocycles. The van der Waals surface area contributed by atoms with Crippen molar-refractivity contribution in [1.82, 2.24) is 5.32 Å². The second-order valence-electron chi connectivity index (χ2n) is 17.7. The standard InChI is InChI=1S/C35H57NP2/c1-37(33-15-24-6-25(16-33)8-26(7-24)17-33)4-2-36-3-5-38(34-18-27-9-28(19-34)11-29(10-27)20-34)35-21-30-12-31(22-35)14-32(13-30)23-35/h24-32,36H,2-23H2,1H3. The second kappa shape index (κ2) is 9.16. The third-order valence-corrected chi connectivity index (χ3v) is 22.2. The average molecular weight is 554 g/mol. The molecule has 1 nitrogen and oxygen atoms in total. The molecule has 0 aromatic rings. The summed E-state index contributed by atoms with van der Waals surface area (Å²) in [5.41, 5.74) is 0. The van der Waals surface area contributed by atoms with Crippen molar-refractivity contribution in [2.24, 2.45) is 53.3 Å². The maximum Gasteiger partial charge on any atom is -0.000897 e. The van der Waals surface area contributed by atoms with E-state index in [0.717, 1.165) is 68.7 Å². The summed E-state index contributed by atoms with van der Waals surface area (Å²) >= 11 is 0. The molecule has 0 heterocycles. The molecule has 1 atom stereocenters. The van der Waals surface area contributed by atoms with Crippen LogP contribution in [0.4, 0.5) is 0 Å². The van der Waals surface area contributed by atoms with E-state index in [4.69, 9.17) is 0 Å². The van der Waals surface area contributed by atoms with Crippen LogP contribution in [0.1, 0.15) is 116 Å². The van der Waals surface area contributed by atoms with E-state index in [0.29, 0.717) is 0 Å². The molecule has 1 unspecified atom stereocenters. The highest BCUT2D eigenvalue weighted by atomic mass is 31.1. The van der Waals surface area contributed by atoms with E-state index >= 15 is 0 Å². The van der Waals surface area contributed by atoms with Crippen molar-refractivity contribution >= 4 is 15.8 Å². The molecule has 0 spiro atoms. The van der Waals surface area contributed by atoms with Gasteiger partial charge in [-0.1, -0.05) is 7.92 Å². The smallest absolute Gasteiger partial charge is 0.000897 e. The van der Waals surface area contributed by atoms with Crippen LogP contribution in [0.5, 0.6) is 0 Å². The Balaban J connectivity index is 0.888.